The number of benzene rings is 2. The standard InChI is InChI=1S/C34H44ClN3O5S/c1-23-8-7-16-34(42-4,22-36-3)30-14-11-26(30)20-38-17-6-5-9-25-18-28(35)12-10-27(25)21-43-32-15-13-29(19-31(32)38)44(40,41)37-33(39)24(23)2/h7,10,12-13,15-16,18-19,22-24,26,30H,5-6,8-9,11,14,17,20-21H2,1-4H3,(H,37,39)/b16-7+,36-22+/t23-,24+,26-,30+,34+/m0/s1. The number of allylic oxidation sites excluding steroid dienone is 1. The van der Waals surface area contributed by atoms with Crippen molar-refractivity contribution >= 4 is 39.4 Å². The van der Waals surface area contributed by atoms with Gasteiger partial charge in [0.25, 0.3) is 10.0 Å². The van der Waals surface area contributed by atoms with Gasteiger partial charge in [0, 0.05) is 50.3 Å². The highest BCUT2D eigenvalue weighted by Crippen LogP contribution is 2.46. The minimum absolute atomic E-state index is 0.0432. The van der Waals surface area contributed by atoms with Gasteiger partial charge in [0.2, 0.25) is 5.91 Å². The van der Waals surface area contributed by atoms with E-state index in [2.05, 4.69) is 26.8 Å². The van der Waals surface area contributed by atoms with Gasteiger partial charge in [-0.05, 0) is 91.8 Å². The summed E-state index contributed by atoms with van der Waals surface area (Å²) in [7, 11) is -0.605. The van der Waals surface area contributed by atoms with Crippen LogP contribution in [0.5, 0.6) is 5.75 Å². The first-order valence-electron chi connectivity index (χ1n) is 15.6. The number of methoxy groups -OCH3 is 1. The van der Waals surface area contributed by atoms with E-state index in [0.717, 1.165) is 49.8 Å². The molecule has 0 radical (unpaired) electrons. The molecule has 1 amide bonds. The zero-order valence-corrected chi connectivity index (χ0v) is 27.7. The highest BCUT2D eigenvalue weighted by atomic mass is 35.5. The van der Waals surface area contributed by atoms with Crippen molar-refractivity contribution in [1.29, 1.82) is 0 Å². The van der Waals surface area contributed by atoms with Crippen LogP contribution >= 0.6 is 11.6 Å². The average Bonchev–Trinajstić information content (AvgIpc) is 3.01. The van der Waals surface area contributed by atoms with Crippen LogP contribution in [0, 0.1) is 23.7 Å². The van der Waals surface area contributed by atoms with Crippen molar-refractivity contribution in [3.63, 3.8) is 0 Å². The quantitative estimate of drug-likeness (QED) is 0.309. The lowest BCUT2D eigenvalue weighted by Gasteiger charge is -2.48. The van der Waals surface area contributed by atoms with E-state index in [1.807, 2.05) is 31.3 Å². The predicted molar refractivity (Wildman–Crippen MR) is 175 cm³/mol. The third-order valence-corrected chi connectivity index (χ3v) is 11.4. The first-order chi connectivity index (χ1) is 21.1. The zero-order valence-electron chi connectivity index (χ0n) is 26.1. The van der Waals surface area contributed by atoms with Crippen LogP contribution in [0.15, 0.2) is 58.4 Å². The monoisotopic (exact) mass is 641 g/mol. The number of anilines is 1. The Balaban J connectivity index is 1.60. The summed E-state index contributed by atoms with van der Waals surface area (Å²) in [4.78, 5) is 19.9. The molecule has 3 aliphatic rings. The van der Waals surface area contributed by atoms with Crippen molar-refractivity contribution in [2.75, 3.05) is 32.1 Å². The smallest absolute Gasteiger partial charge is 0.264 e. The zero-order chi connectivity index (χ0) is 31.5. The Labute approximate surface area is 266 Å². The van der Waals surface area contributed by atoms with Gasteiger partial charge >= 0.3 is 0 Å². The first-order valence-corrected chi connectivity index (χ1v) is 17.4. The van der Waals surface area contributed by atoms with Gasteiger partial charge in [-0.3, -0.25) is 9.79 Å². The maximum Gasteiger partial charge on any atom is 0.264 e. The number of nitrogens with one attached hydrogen (secondary N) is 1. The first kappa shape index (κ1) is 32.5. The van der Waals surface area contributed by atoms with E-state index in [-0.39, 0.29) is 22.6 Å². The lowest BCUT2D eigenvalue weighted by molar-refractivity contribution is -0.124. The van der Waals surface area contributed by atoms with Crippen molar-refractivity contribution in [2.45, 2.75) is 69.5 Å². The number of aryl methyl sites for hydroxylation is 1. The third-order valence-electron chi connectivity index (χ3n) is 9.78. The normalized spacial score (nSPS) is 30.1. The number of nitrogens with zero attached hydrogens (tertiary/aromatic N) is 2. The van der Waals surface area contributed by atoms with E-state index in [1.165, 1.54) is 6.07 Å². The van der Waals surface area contributed by atoms with Crippen LogP contribution < -0.4 is 14.4 Å². The van der Waals surface area contributed by atoms with Crippen molar-refractivity contribution in [3.05, 3.63) is 64.7 Å². The summed E-state index contributed by atoms with van der Waals surface area (Å²) in [6.45, 7) is 5.49. The molecular weight excluding hydrogens is 598 g/mol. The highest BCUT2D eigenvalue weighted by molar-refractivity contribution is 7.90. The van der Waals surface area contributed by atoms with Crippen molar-refractivity contribution in [3.8, 4) is 5.75 Å². The molecule has 44 heavy (non-hydrogen) atoms. The average molecular weight is 642 g/mol. The number of carbonyl (C=O) groups is 1. The van der Waals surface area contributed by atoms with Gasteiger partial charge in [0.1, 0.15) is 18.0 Å². The summed E-state index contributed by atoms with van der Waals surface area (Å²) in [6.07, 6.45) is 11.4. The van der Waals surface area contributed by atoms with E-state index in [4.69, 9.17) is 21.1 Å². The minimum Gasteiger partial charge on any atom is -0.487 e. The van der Waals surface area contributed by atoms with Crippen LogP contribution in [0.2, 0.25) is 5.02 Å². The minimum atomic E-state index is -4.11. The van der Waals surface area contributed by atoms with E-state index < -0.39 is 27.4 Å². The number of amides is 1. The van der Waals surface area contributed by atoms with Crippen molar-refractivity contribution in [2.24, 2.45) is 28.7 Å². The molecule has 2 aliphatic heterocycles. The lowest BCUT2D eigenvalue weighted by Crippen LogP contribution is -2.52. The number of hydrogen-bond acceptors (Lipinski definition) is 7. The van der Waals surface area contributed by atoms with Crippen molar-refractivity contribution < 1.29 is 22.7 Å². The van der Waals surface area contributed by atoms with Crippen molar-refractivity contribution in [1.82, 2.24) is 4.72 Å². The lowest BCUT2D eigenvalue weighted by atomic mass is 9.64. The SMILES string of the molecule is C/N=C/[C@]1(OC)/C=C/C[C@H](C)[C@@H](C)C(=O)NS(=O)(=O)c2ccc3c(c2)N(CCCCc2cc(Cl)ccc2CO3)C[C@@H]2CC[C@H]21. The molecule has 5 rings (SSSR count). The van der Waals surface area contributed by atoms with Gasteiger partial charge in [-0.15, -0.1) is 0 Å². The molecule has 238 valence electrons. The number of fused-ring (bicyclic) bond motifs is 3. The molecule has 0 saturated heterocycles. The molecular formula is C34H44ClN3O5S. The Morgan fingerprint density at radius 2 is 1.95 bits per heavy atom. The van der Waals surface area contributed by atoms with Crippen LogP contribution in [0.25, 0.3) is 0 Å². The highest BCUT2D eigenvalue weighted by Gasteiger charge is 2.46. The van der Waals surface area contributed by atoms with Crippen LogP contribution in [0.4, 0.5) is 5.69 Å². The Morgan fingerprint density at radius 1 is 1.14 bits per heavy atom. The molecule has 10 heteroatoms. The molecule has 1 saturated carbocycles. The maximum absolute atomic E-state index is 13.5. The topological polar surface area (TPSA) is 97.3 Å². The van der Waals surface area contributed by atoms with Crippen LogP contribution in [-0.4, -0.2) is 53.4 Å². The second kappa shape index (κ2) is 13.6. The second-order valence-corrected chi connectivity index (χ2v) is 14.6. The van der Waals surface area contributed by atoms with Gasteiger partial charge in [-0.1, -0.05) is 43.7 Å². The molecule has 2 heterocycles. The number of sulfonamides is 1. The fourth-order valence-electron chi connectivity index (χ4n) is 6.70. The Bertz CT molecular complexity index is 1530. The van der Waals surface area contributed by atoms with E-state index in [0.29, 0.717) is 36.0 Å². The molecule has 2 bridgehead atoms. The van der Waals surface area contributed by atoms with Crippen LogP contribution in [0.1, 0.15) is 57.1 Å². The Kier molecular flexibility index (Phi) is 10.1. The summed E-state index contributed by atoms with van der Waals surface area (Å²) >= 11 is 6.33. The molecule has 1 aliphatic carbocycles. The number of hydrogen-bond donors (Lipinski definition) is 1. The molecule has 8 nitrogen and oxygen atoms in total. The Morgan fingerprint density at radius 3 is 2.68 bits per heavy atom. The fourth-order valence-corrected chi connectivity index (χ4v) is 7.98. The van der Waals surface area contributed by atoms with Gasteiger partial charge in [-0.25, -0.2) is 13.1 Å². The van der Waals surface area contributed by atoms with Crippen LogP contribution in [0.3, 0.4) is 0 Å². The van der Waals surface area contributed by atoms with Crippen LogP contribution in [-0.2, 0) is 32.6 Å². The molecule has 0 spiro atoms. The molecule has 2 aromatic carbocycles. The predicted octanol–water partition coefficient (Wildman–Crippen LogP) is 6.21. The molecule has 0 unspecified atom stereocenters. The number of rotatable bonds is 2. The number of halogens is 1. The fraction of sp³-hybridized carbons (Fsp3) is 0.529. The van der Waals surface area contributed by atoms with Gasteiger partial charge in [0.15, 0.2) is 0 Å². The molecule has 1 fully saturated rings. The van der Waals surface area contributed by atoms with Gasteiger partial charge in [-0.2, -0.15) is 0 Å². The summed E-state index contributed by atoms with van der Waals surface area (Å²) in [5.74, 6) is -0.0544. The molecule has 0 aromatic heterocycles. The molecule has 2 aromatic rings. The number of ether oxygens (including phenoxy) is 2. The summed E-state index contributed by atoms with van der Waals surface area (Å²) < 4.78 is 42.1. The summed E-state index contributed by atoms with van der Waals surface area (Å²) in [6, 6.07) is 10.8. The van der Waals surface area contributed by atoms with E-state index >= 15 is 0 Å². The molecule has 5 atom stereocenters. The Hall–Kier alpha value is -2.88. The summed E-state index contributed by atoms with van der Waals surface area (Å²) in [5.41, 5.74) is 2.27. The molecule has 1 N–H and O–H groups in total. The largest absolute Gasteiger partial charge is 0.487 e. The number of aliphatic imine (C=N–C) groups is 1. The second-order valence-electron chi connectivity index (χ2n) is 12.5. The maximum atomic E-state index is 13.5. The third kappa shape index (κ3) is 6.85. The van der Waals surface area contributed by atoms with E-state index in [9.17, 15) is 13.2 Å². The number of carbonyl (C=O) groups excluding carboxylic acids is 1. The van der Waals surface area contributed by atoms with Gasteiger partial charge in [0.05, 0.1) is 10.6 Å². The van der Waals surface area contributed by atoms with E-state index in [1.54, 1.807) is 33.2 Å². The summed E-state index contributed by atoms with van der Waals surface area (Å²) in [5, 5.41) is 0.701. The van der Waals surface area contributed by atoms with Gasteiger partial charge < -0.3 is 14.4 Å².